The Kier molecular flexibility index (Phi) is 5.05. The maximum atomic E-state index is 12.3. The van der Waals surface area contributed by atoms with E-state index in [4.69, 9.17) is 20.9 Å². The van der Waals surface area contributed by atoms with Crippen LogP contribution in [0.4, 0.5) is 11.6 Å². The van der Waals surface area contributed by atoms with Crippen molar-refractivity contribution in [2.75, 3.05) is 31.4 Å². The van der Waals surface area contributed by atoms with Gasteiger partial charge >= 0.3 is 0 Å². The zero-order valence-corrected chi connectivity index (χ0v) is 13.0. The summed E-state index contributed by atoms with van der Waals surface area (Å²) >= 11 is 1.16. The topological polar surface area (TPSA) is 113 Å². The van der Waals surface area contributed by atoms with Crippen LogP contribution in [0.15, 0.2) is 29.4 Å². The lowest BCUT2D eigenvalue weighted by molar-refractivity contribution is 0.101. The molecule has 1 aromatic heterocycles. The Morgan fingerprint density at radius 2 is 1.82 bits per heavy atom. The fraction of sp³-hybridized carbons (Fsp3) is 0.214. The number of aromatic nitrogens is 2. The van der Waals surface area contributed by atoms with E-state index in [0.29, 0.717) is 22.2 Å². The van der Waals surface area contributed by atoms with Crippen LogP contribution in [-0.4, -0.2) is 35.7 Å². The van der Waals surface area contributed by atoms with Gasteiger partial charge in [0, 0.05) is 12.1 Å². The second-order valence-electron chi connectivity index (χ2n) is 4.28. The number of benzene rings is 1. The van der Waals surface area contributed by atoms with Crippen LogP contribution < -0.4 is 20.9 Å². The van der Waals surface area contributed by atoms with Crippen molar-refractivity contribution in [3.63, 3.8) is 0 Å². The van der Waals surface area contributed by atoms with Gasteiger partial charge in [-0.3, -0.25) is 4.79 Å². The first-order valence-corrected chi connectivity index (χ1v) is 7.30. The number of nitrogen functional groups attached to an aromatic ring is 2. The molecule has 0 fully saturated rings. The SMILES string of the molecule is COc1ccc(C(=O)CSc2nc(N)cc(N)n2)c(OC)c1. The van der Waals surface area contributed by atoms with E-state index in [2.05, 4.69) is 9.97 Å². The third-order valence-corrected chi connectivity index (χ3v) is 3.63. The van der Waals surface area contributed by atoms with Crippen molar-refractivity contribution in [3.8, 4) is 11.5 Å². The highest BCUT2D eigenvalue weighted by molar-refractivity contribution is 7.99. The molecule has 4 N–H and O–H groups in total. The van der Waals surface area contributed by atoms with Crippen molar-refractivity contribution in [1.82, 2.24) is 9.97 Å². The van der Waals surface area contributed by atoms with Crippen molar-refractivity contribution < 1.29 is 14.3 Å². The first-order chi connectivity index (χ1) is 10.5. The van der Waals surface area contributed by atoms with Crippen LogP contribution in [0.25, 0.3) is 0 Å². The van der Waals surface area contributed by atoms with Gasteiger partial charge in [-0.15, -0.1) is 0 Å². The molecule has 7 nitrogen and oxygen atoms in total. The van der Waals surface area contributed by atoms with Gasteiger partial charge in [-0.05, 0) is 12.1 Å². The zero-order chi connectivity index (χ0) is 16.1. The fourth-order valence-corrected chi connectivity index (χ4v) is 2.52. The highest BCUT2D eigenvalue weighted by Gasteiger charge is 2.14. The van der Waals surface area contributed by atoms with Crippen molar-refractivity contribution in [3.05, 3.63) is 29.8 Å². The molecule has 0 spiro atoms. The monoisotopic (exact) mass is 320 g/mol. The normalized spacial score (nSPS) is 10.3. The molecule has 0 bridgehead atoms. The van der Waals surface area contributed by atoms with Gasteiger partial charge in [-0.1, -0.05) is 11.8 Å². The third kappa shape index (κ3) is 3.79. The van der Waals surface area contributed by atoms with Crippen LogP contribution in [0.1, 0.15) is 10.4 Å². The molecule has 0 radical (unpaired) electrons. The lowest BCUT2D eigenvalue weighted by Gasteiger charge is -2.09. The standard InChI is InChI=1S/C14H16N4O3S/c1-20-8-3-4-9(11(5-8)21-2)10(19)7-22-14-17-12(15)6-13(16)18-14/h3-6H,7H2,1-2H3,(H4,15,16,17,18). The van der Waals surface area contributed by atoms with Gasteiger partial charge in [-0.2, -0.15) is 0 Å². The number of methoxy groups -OCH3 is 2. The van der Waals surface area contributed by atoms with Crippen molar-refractivity contribution in [2.45, 2.75) is 5.16 Å². The van der Waals surface area contributed by atoms with Crippen molar-refractivity contribution in [2.24, 2.45) is 0 Å². The average Bonchev–Trinajstić information content (AvgIpc) is 2.51. The van der Waals surface area contributed by atoms with Crippen molar-refractivity contribution in [1.29, 1.82) is 0 Å². The number of ether oxygens (including phenoxy) is 2. The van der Waals surface area contributed by atoms with E-state index in [1.807, 2.05) is 0 Å². The zero-order valence-electron chi connectivity index (χ0n) is 12.2. The predicted molar refractivity (Wildman–Crippen MR) is 85.5 cm³/mol. The summed E-state index contributed by atoms with van der Waals surface area (Å²) in [6, 6.07) is 6.48. The Balaban J connectivity index is 2.12. The highest BCUT2D eigenvalue weighted by atomic mass is 32.2. The summed E-state index contributed by atoms with van der Waals surface area (Å²) in [5.74, 6) is 1.64. The average molecular weight is 320 g/mol. The van der Waals surface area contributed by atoms with Gasteiger partial charge in [0.25, 0.3) is 0 Å². The van der Waals surface area contributed by atoms with Crippen LogP contribution in [0.3, 0.4) is 0 Å². The number of rotatable bonds is 6. The quantitative estimate of drug-likeness (QED) is 0.469. The lowest BCUT2D eigenvalue weighted by atomic mass is 10.1. The maximum Gasteiger partial charge on any atom is 0.191 e. The number of nitrogens with zero attached hydrogens (tertiary/aromatic N) is 2. The summed E-state index contributed by atoms with van der Waals surface area (Å²) in [6.45, 7) is 0. The number of nitrogens with two attached hydrogens (primary N) is 2. The number of hydrogen-bond acceptors (Lipinski definition) is 8. The molecule has 2 aromatic rings. The molecule has 0 saturated carbocycles. The molecule has 22 heavy (non-hydrogen) atoms. The van der Waals surface area contributed by atoms with Gasteiger partial charge < -0.3 is 20.9 Å². The third-order valence-electron chi connectivity index (χ3n) is 2.79. The summed E-state index contributed by atoms with van der Waals surface area (Å²) in [6.07, 6.45) is 0. The Hall–Kier alpha value is -2.48. The highest BCUT2D eigenvalue weighted by Crippen LogP contribution is 2.26. The number of ketones is 1. The van der Waals surface area contributed by atoms with Gasteiger partial charge in [0.15, 0.2) is 10.9 Å². The number of carbonyl (C=O) groups is 1. The van der Waals surface area contributed by atoms with Crippen LogP contribution in [-0.2, 0) is 0 Å². The van der Waals surface area contributed by atoms with E-state index in [1.54, 1.807) is 25.3 Å². The van der Waals surface area contributed by atoms with E-state index in [9.17, 15) is 4.79 Å². The van der Waals surface area contributed by atoms with Gasteiger partial charge in [0.2, 0.25) is 0 Å². The molecule has 8 heteroatoms. The second kappa shape index (κ2) is 6.99. The first-order valence-electron chi connectivity index (χ1n) is 6.31. The van der Waals surface area contributed by atoms with Gasteiger partial charge in [0.05, 0.1) is 25.5 Å². The van der Waals surface area contributed by atoms with E-state index in [0.717, 1.165) is 11.8 Å². The Labute approximate surface area is 132 Å². The Morgan fingerprint density at radius 3 is 2.41 bits per heavy atom. The number of anilines is 2. The van der Waals surface area contributed by atoms with E-state index < -0.39 is 0 Å². The largest absolute Gasteiger partial charge is 0.497 e. The van der Waals surface area contributed by atoms with Gasteiger partial charge in [-0.25, -0.2) is 9.97 Å². The number of hydrogen-bond donors (Lipinski definition) is 2. The summed E-state index contributed by atoms with van der Waals surface area (Å²) in [7, 11) is 3.05. The minimum Gasteiger partial charge on any atom is -0.497 e. The Morgan fingerprint density at radius 1 is 1.14 bits per heavy atom. The predicted octanol–water partition coefficient (Wildman–Crippen LogP) is 1.63. The minimum atomic E-state index is -0.117. The summed E-state index contributed by atoms with van der Waals surface area (Å²) in [4.78, 5) is 20.3. The Bertz CT molecular complexity index is 674. The van der Waals surface area contributed by atoms with Crippen LogP contribution in [0, 0.1) is 0 Å². The molecule has 0 aliphatic rings. The number of carbonyl (C=O) groups excluding carboxylic acids is 1. The molecule has 1 heterocycles. The van der Waals surface area contributed by atoms with Gasteiger partial charge in [0.1, 0.15) is 23.1 Å². The lowest BCUT2D eigenvalue weighted by Crippen LogP contribution is -2.06. The number of Topliss-reactive ketones (excluding diaryl/α,β-unsaturated/α-hetero) is 1. The van der Waals surface area contributed by atoms with E-state index >= 15 is 0 Å². The molecule has 0 saturated heterocycles. The molecular weight excluding hydrogens is 304 g/mol. The molecule has 0 atom stereocenters. The molecule has 1 aromatic carbocycles. The van der Waals surface area contributed by atoms with Crippen molar-refractivity contribution >= 4 is 29.2 Å². The molecular formula is C14H16N4O3S. The molecule has 116 valence electrons. The molecule has 0 aliphatic carbocycles. The maximum absolute atomic E-state index is 12.3. The summed E-state index contributed by atoms with van der Waals surface area (Å²) in [5.41, 5.74) is 11.6. The molecule has 0 unspecified atom stereocenters. The van der Waals surface area contributed by atoms with Crippen LogP contribution >= 0.6 is 11.8 Å². The minimum absolute atomic E-state index is 0.117. The number of thioether (sulfide) groups is 1. The fourth-order valence-electron chi connectivity index (χ4n) is 1.76. The molecule has 0 amide bonds. The van der Waals surface area contributed by atoms with Crippen LogP contribution in [0.2, 0.25) is 0 Å². The summed E-state index contributed by atoms with van der Waals surface area (Å²) in [5, 5.41) is 0.360. The van der Waals surface area contributed by atoms with E-state index in [-0.39, 0.29) is 23.2 Å². The first kappa shape index (κ1) is 15.9. The molecule has 0 aliphatic heterocycles. The second-order valence-corrected chi connectivity index (χ2v) is 5.22. The van der Waals surface area contributed by atoms with E-state index in [1.165, 1.54) is 13.2 Å². The molecule has 2 rings (SSSR count). The van der Waals surface area contributed by atoms with Crippen LogP contribution in [0.5, 0.6) is 11.5 Å². The summed E-state index contributed by atoms with van der Waals surface area (Å²) < 4.78 is 10.3. The smallest absolute Gasteiger partial charge is 0.191 e.